The lowest BCUT2D eigenvalue weighted by Crippen LogP contribution is -2.49. The van der Waals surface area contributed by atoms with Crippen LogP contribution in [-0.4, -0.2) is 24.2 Å². The second-order valence-electron chi connectivity index (χ2n) is 3.77. The van der Waals surface area contributed by atoms with Gasteiger partial charge in [0.1, 0.15) is 5.75 Å². The van der Waals surface area contributed by atoms with Gasteiger partial charge < -0.3 is 10.1 Å². The molecule has 0 aliphatic carbocycles. The molecule has 0 saturated heterocycles. The summed E-state index contributed by atoms with van der Waals surface area (Å²) in [5, 5.41) is 3.02. The molecular weight excluding hydrogens is 250 g/mol. The van der Waals surface area contributed by atoms with Gasteiger partial charge in [0, 0.05) is 7.05 Å². The van der Waals surface area contributed by atoms with Crippen LogP contribution in [0.5, 0.6) is 5.75 Å². The van der Waals surface area contributed by atoms with Crippen LogP contribution in [-0.2, 0) is 4.79 Å². The Labute approximate surface area is 112 Å². The lowest BCUT2D eigenvalue weighted by Gasteiger charge is -2.16. The van der Waals surface area contributed by atoms with E-state index in [0.717, 1.165) is 5.56 Å². The predicted octanol–water partition coefficient (Wildman–Crippen LogP) is 0.887. The normalized spacial score (nSPS) is 11.3. The molecule has 18 heavy (non-hydrogen) atoms. The van der Waals surface area contributed by atoms with E-state index in [4.69, 9.17) is 17.0 Å². The fourth-order valence-electron chi connectivity index (χ4n) is 1.23. The number of rotatable bonds is 3. The van der Waals surface area contributed by atoms with Crippen molar-refractivity contribution in [3.8, 4) is 5.75 Å². The second-order valence-corrected chi connectivity index (χ2v) is 4.18. The predicted molar refractivity (Wildman–Crippen MR) is 74.2 cm³/mol. The van der Waals surface area contributed by atoms with Crippen LogP contribution < -0.4 is 20.9 Å². The maximum Gasteiger partial charge on any atom is 0.279 e. The molecule has 3 N–H and O–H groups in total. The molecule has 1 aromatic rings. The van der Waals surface area contributed by atoms with Gasteiger partial charge in [0.15, 0.2) is 11.2 Å². The Balaban J connectivity index is 2.47. The zero-order valence-electron chi connectivity index (χ0n) is 10.6. The van der Waals surface area contributed by atoms with E-state index in [-0.39, 0.29) is 5.91 Å². The molecular formula is C12H17N3O2S. The van der Waals surface area contributed by atoms with Gasteiger partial charge in [0.05, 0.1) is 0 Å². The van der Waals surface area contributed by atoms with Crippen molar-refractivity contribution in [1.82, 2.24) is 16.2 Å². The van der Waals surface area contributed by atoms with Crippen molar-refractivity contribution >= 4 is 23.2 Å². The fourth-order valence-corrected chi connectivity index (χ4v) is 1.28. The van der Waals surface area contributed by atoms with Gasteiger partial charge in [0.25, 0.3) is 5.91 Å². The third kappa shape index (κ3) is 4.58. The van der Waals surface area contributed by atoms with E-state index in [9.17, 15) is 4.79 Å². The Morgan fingerprint density at radius 2 is 2.11 bits per heavy atom. The van der Waals surface area contributed by atoms with E-state index in [2.05, 4.69) is 16.2 Å². The average molecular weight is 267 g/mol. The molecule has 5 nitrogen and oxygen atoms in total. The van der Waals surface area contributed by atoms with Crippen molar-refractivity contribution in [2.45, 2.75) is 20.0 Å². The van der Waals surface area contributed by atoms with Gasteiger partial charge in [-0.05, 0) is 43.8 Å². The van der Waals surface area contributed by atoms with Crippen LogP contribution >= 0.6 is 12.2 Å². The van der Waals surface area contributed by atoms with E-state index in [0.29, 0.717) is 10.9 Å². The number of ether oxygens (including phenoxy) is 1. The summed E-state index contributed by atoms with van der Waals surface area (Å²) in [7, 11) is 1.66. The van der Waals surface area contributed by atoms with Crippen LogP contribution in [0.1, 0.15) is 12.5 Å². The molecule has 1 aromatic carbocycles. The van der Waals surface area contributed by atoms with E-state index >= 15 is 0 Å². The van der Waals surface area contributed by atoms with Crippen molar-refractivity contribution in [2.24, 2.45) is 0 Å². The summed E-state index contributed by atoms with van der Waals surface area (Å²) in [6.45, 7) is 3.63. The highest BCUT2D eigenvalue weighted by Crippen LogP contribution is 2.13. The van der Waals surface area contributed by atoms with Crippen molar-refractivity contribution in [2.75, 3.05) is 7.05 Å². The van der Waals surface area contributed by atoms with Gasteiger partial charge in [-0.15, -0.1) is 0 Å². The number of hydrazine groups is 1. The molecule has 0 heterocycles. The quantitative estimate of drug-likeness (QED) is 0.561. The monoisotopic (exact) mass is 267 g/mol. The standard InChI is InChI=1S/C12H17N3O2S/c1-8-5-4-6-10(7-8)17-9(2)11(16)14-15-12(18)13-3/h4-7,9H,1-3H3,(H,14,16)(H2,13,15,18)/t9-/m1/s1. The number of carbonyl (C=O) groups is 1. The molecule has 0 spiro atoms. The molecule has 0 radical (unpaired) electrons. The van der Waals surface area contributed by atoms with Crippen LogP contribution in [0.4, 0.5) is 0 Å². The molecule has 6 heteroatoms. The number of hydrogen-bond acceptors (Lipinski definition) is 3. The van der Waals surface area contributed by atoms with Crippen LogP contribution in [0.15, 0.2) is 24.3 Å². The molecule has 0 aliphatic heterocycles. The highest BCUT2D eigenvalue weighted by molar-refractivity contribution is 7.80. The summed E-state index contributed by atoms with van der Waals surface area (Å²) in [4.78, 5) is 11.7. The molecule has 1 atom stereocenters. The Bertz CT molecular complexity index is 437. The Hall–Kier alpha value is -1.82. The highest BCUT2D eigenvalue weighted by Gasteiger charge is 2.14. The summed E-state index contributed by atoms with van der Waals surface area (Å²) < 4.78 is 5.51. The topological polar surface area (TPSA) is 62.4 Å². The van der Waals surface area contributed by atoms with E-state index in [1.54, 1.807) is 14.0 Å². The molecule has 0 aliphatic rings. The zero-order chi connectivity index (χ0) is 13.5. The average Bonchev–Trinajstić information content (AvgIpc) is 2.35. The molecule has 1 rings (SSSR count). The van der Waals surface area contributed by atoms with Crippen molar-refractivity contribution in [3.63, 3.8) is 0 Å². The van der Waals surface area contributed by atoms with Crippen LogP contribution in [0, 0.1) is 6.92 Å². The van der Waals surface area contributed by atoms with Crippen LogP contribution in [0.3, 0.4) is 0 Å². The van der Waals surface area contributed by atoms with Gasteiger partial charge in [-0.1, -0.05) is 12.1 Å². The first-order valence-electron chi connectivity index (χ1n) is 5.54. The van der Waals surface area contributed by atoms with Gasteiger partial charge in [-0.3, -0.25) is 15.6 Å². The Kier molecular flexibility index (Phi) is 5.38. The van der Waals surface area contributed by atoms with E-state index in [1.165, 1.54) is 0 Å². The summed E-state index contributed by atoms with van der Waals surface area (Å²) in [6.07, 6.45) is -0.612. The minimum absolute atomic E-state index is 0.297. The summed E-state index contributed by atoms with van der Waals surface area (Å²) >= 11 is 4.83. The molecule has 98 valence electrons. The third-order valence-corrected chi connectivity index (χ3v) is 2.50. The van der Waals surface area contributed by atoms with Gasteiger partial charge >= 0.3 is 0 Å². The largest absolute Gasteiger partial charge is 0.481 e. The van der Waals surface area contributed by atoms with Gasteiger partial charge in [0.2, 0.25) is 0 Å². The number of thiocarbonyl (C=S) groups is 1. The molecule has 0 bridgehead atoms. The minimum Gasteiger partial charge on any atom is -0.481 e. The lowest BCUT2D eigenvalue weighted by atomic mass is 10.2. The molecule has 0 unspecified atom stereocenters. The summed E-state index contributed by atoms with van der Waals surface area (Å²) in [5.74, 6) is 0.364. The molecule has 0 saturated carbocycles. The van der Waals surface area contributed by atoms with Crippen LogP contribution in [0.25, 0.3) is 0 Å². The molecule has 0 aromatic heterocycles. The Morgan fingerprint density at radius 3 is 2.72 bits per heavy atom. The zero-order valence-corrected chi connectivity index (χ0v) is 11.4. The van der Waals surface area contributed by atoms with Crippen molar-refractivity contribution in [3.05, 3.63) is 29.8 Å². The fraction of sp³-hybridized carbons (Fsp3) is 0.333. The Morgan fingerprint density at radius 1 is 1.39 bits per heavy atom. The van der Waals surface area contributed by atoms with Gasteiger partial charge in [-0.2, -0.15) is 0 Å². The lowest BCUT2D eigenvalue weighted by molar-refractivity contribution is -0.127. The first-order chi connectivity index (χ1) is 8.52. The van der Waals surface area contributed by atoms with Crippen molar-refractivity contribution in [1.29, 1.82) is 0 Å². The first-order valence-corrected chi connectivity index (χ1v) is 5.94. The SMILES string of the molecule is CNC(=S)NNC(=O)[C@@H](C)Oc1cccc(C)c1. The maximum absolute atomic E-state index is 11.7. The van der Waals surface area contributed by atoms with E-state index < -0.39 is 6.10 Å². The number of carbonyl (C=O) groups excluding carboxylic acids is 1. The third-order valence-electron chi connectivity index (χ3n) is 2.20. The number of benzene rings is 1. The smallest absolute Gasteiger partial charge is 0.279 e. The number of nitrogens with one attached hydrogen (secondary N) is 3. The summed E-state index contributed by atoms with van der Waals surface area (Å²) in [5.41, 5.74) is 6.08. The number of amides is 1. The number of aryl methyl sites for hydroxylation is 1. The maximum atomic E-state index is 11.7. The van der Waals surface area contributed by atoms with Crippen molar-refractivity contribution < 1.29 is 9.53 Å². The second kappa shape index (κ2) is 6.80. The highest BCUT2D eigenvalue weighted by atomic mass is 32.1. The van der Waals surface area contributed by atoms with Crippen LogP contribution in [0.2, 0.25) is 0 Å². The van der Waals surface area contributed by atoms with E-state index in [1.807, 2.05) is 31.2 Å². The molecule has 0 fully saturated rings. The first kappa shape index (κ1) is 14.2. The molecule has 1 amide bonds. The minimum atomic E-state index is -0.612. The summed E-state index contributed by atoms with van der Waals surface area (Å²) in [6, 6.07) is 7.52. The number of hydrogen-bond donors (Lipinski definition) is 3. The van der Waals surface area contributed by atoms with Gasteiger partial charge in [-0.25, -0.2) is 0 Å².